The lowest BCUT2D eigenvalue weighted by molar-refractivity contribution is -0.167. The highest BCUT2D eigenvalue weighted by atomic mass is 16.6. The Labute approximate surface area is 380 Å². The van der Waals surface area contributed by atoms with Crippen LogP contribution in [0.15, 0.2) is 0 Å². The molecular formula is C55H106O6. The summed E-state index contributed by atoms with van der Waals surface area (Å²) in [5.41, 5.74) is 0. The van der Waals surface area contributed by atoms with Crippen molar-refractivity contribution in [3.63, 3.8) is 0 Å². The van der Waals surface area contributed by atoms with Crippen LogP contribution in [0.2, 0.25) is 0 Å². The molecule has 0 spiro atoms. The third-order valence-corrected chi connectivity index (χ3v) is 12.8. The van der Waals surface area contributed by atoms with Crippen LogP contribution >= 0.6 is 0 Å². The molecule has 61 heavy (non-hydrogen) atoms. The minimum atomic E-state index is -0.763. The number of carbonyl (C=O) groups is 3. The van der Waals surface area contributed by atoms with Gasteiger partial charge in [0.2, 0.25) is 0 Å². The van der Waals surface area contributed by atoms with Crippen molar-refractivity contribution in [3.05, 3.63) is 0 Å². The number of hydrogen-bond donors (Lipinski definition) is 0. The van der Waals surface area contributed by atoms with Gasteiger partial charge < -0.3 is 14.2 Å². The standard InChI is InChI=1S/C55H106O6/c1-7-51(6)43-37-31-24-20-16-12-8-9-13-17-21-25-32-38-44-53(56)59-47-52(61-55(58)46-40-34-28-27-30-36-42-50(4)5)48-60-54(57)45-39-33-26-22-18-14-10-11-15-19-23-29-35-41-49(2)3/h49-52H,7-48H2,1-6H3/t51?,52-/m0/s1. The van der Waals surface area contributed by atoms with Gasteiger partial charge in [0, 0.05) is 19.3 Å². The van der Waals surface area contributed by atoms with E-state index in [0.29, 0.717) is 19.3 Å². The van der Waals surface area contributed by atoms with Gasteiger partial charge in [-0.2, -0.15) is 0 Å². The Morgan fingerprint density at radius 2 is 0.574 bits per heavy atom. The van der Waals surface area contributed by atoms with Gasteiger partial charge in [-0.3, -0.25) is 14.4 Å². The molecule has 0 heterocycles. The van der Waals surface area contributed by atoms with E-state index in [9.17, 15) is 14.4 Å². The molecule has 0 bridgehead atoms. The number of esters is 3. The van der Waals surface area contributed by atoms with E-state index in [4.69, 9.17) is 14.2 Å². The van der Waals surface area contributed by atoms with Gasteiger partial charge in [-0.05, 0) is 37.0 Å². The van der Waals surface area contributed by atoms with Crippen molar-refractivity contribution in [3.8, 4) is 0 Å². The molecule has 0 fully saturated rings. The van der Waals surface area contributed by atoms with Crippen LogP contribution < -0.4 is 0 Å². The first-order valence-electron chi connectivity index (χ1n) is 27.1. The molecule has 1 unspecified atom stereocenters. The molecule has 0 N–H and O–H groups in total. The normalized spacial score (nSPS) is 12.6. The Morgan fingerprint density at radius 1 is 0.328 bits per heavy atom. The van der Waals surface area contributed by atoms with Gasteiger partial charge in [-0.1, -0.05) is 260 Å². The van der Waals surface area contributed by atoms with Crippen molar-refractivity contribution >= 4 is 17.9 Å². The third kappa shape index (κ3) is 47.7. The number of rotatable bonds is 48. The summed E-state index contributed by atoms with van der Waals surface area (Å²) in [5.74, 6) is 1.64. The Kier molecular flexibility index (Phi) is 45.2. The van der Waals surface area contributed by atoms with Crippen LogP contribution in [-0.2, 0) is 28.6 Å². The summed E-state index contributed by atoms with van der Waals surface area (Å²) in [7, 11) is 0. The smallest absolute Gasteiger partial charge is 0.306 e. The molecule has 0 saturated heterocycles. The number of carbonyl (C=O) groups excluding carboxylic acids is 3. The summed E-state index contributed by atoms with van der Waals surface area (Å²) < 4.78 is 16.8. The van der Waals surface area contributed by atoms with Crippen LogP contribution in [0.4, 0.5) is 0 Å². The Morgan fingerprint density at radius 3 is 0.852 bits per heavy atom. The molecule has 0 aromatic rings. The van der Waals surface area contributed by atoms with Crippen molar-refractivity contribution in [2.75, 3.05) is 13.2 Å². The lowest BCUT2D eigenvalue weighted by Crippen LogP contribution is -2.30. The summed E-state index contributed by atoms with van der Waals surface area (Å²) in [6.45, 7) is 13.7. The van der Waals surface area contributed by atoms with Crippen molar-refractivity contribution in [1.82, 2.24) is 0 Å². The second-order valence-corrected chi connectivity index (χ2v) is 20.1. The summed E-state index contributed by atoms with van der Waals surface area (Å²) in [6.07, 6.45) is 46.7. The van der Waals surface area contributed by atoms with E-state index < -0.39 is 6.10 Å². The topological polar surface area (TPSA) is 78.9 Å². The van der Waals surface area contributed by atoms with E-state index in [0.717, 1.165) is 75.5 Å². The minimum Gasteiger partial charge on any atom is -0.462 e. The SMILES string of the molecule is CCC(C)CCCCCCCCCCCCCCCCC(=O)OC[C@@H](COC(=O)CCCCCCCCCCCCCCCC(C)C)OC(=O)CCCCCCCCC(C)C. The van der Waals surface area contributed by atoms with Gasteiger partial charge in [-0.15, -0.1) is 0 Å². The zero-order chi connectivity index (χ0) is 44.9. The fourth-order valence-corrected chi connectivity index (χ4v) is 8.26. The highest BCUT2D eigenvalue weighted by molar-refractivity contribution is 5.71. The molecular weight excluding hydrogens is 757 g/mol. The molecule has 0 aliphatic carbocycles. The first-order chi connectivity index (χ1) is 29.6. The van der Waals surface area contributed by atoms with Gasteiger partial charge in [0.25, 0.3) is 0 Å². The van der Waals surface area contributed by atoms with Gasteiger partial charge in [0.15, 0.2) is 6.10 Å². The molecule has 0 rings (SSSR count). The molecule has 6 nitrogen and oxygen atoms in total. The van der Waals surface area contributed by atoms with Crippen LogP contribution in [0.25, 0.3) is 0 Å². The van der Waals surface area contributed by atoms with E-state index >= 15 is 0 Å². The predicted molar refractivity (Wildman–Crippen MR) is 261 cm³/mol. The van der Waals surface area contributed by atoms with Gasteiger partial charge >= 0.3 is 17.9 Å². The lowest BCUT2D eigenvalue weighted by Gasteiger charge is -2.18. The van der Waals surface area contributed by atoms with E-state index in [1.807, 2.05) is 0 Å². The average molecular weight is 863 g/mol. The summed E-state index contributed by atoms with van der Waals surface area (Å²) >= 11 is 0. The fourth-order valence-electron chi connectivity index (χ4n) is 8.26. The molecule has 6 heteroatoms. The van der Waals surface area contributed by atoms with Gasteiger partial charge in [-0.25, -0.2) is 0 Å². The molecule has 2 atom stereocenters. The number of unbranched alkanes of at least 4 members (excludes halogenated alkanes) is 30. The zero-order valence-corrected chi connectivity index (χ0v) is 42.0. The lowest BCUT2D eigenvalue weighted by atomic mass is 9.99. The quantitative estimate of drug-likeness (QED) is 0.0344. The summed E-state index contributed by atoms with van der Waals surface area (Å²) in [6, 6.07) is 0. The van der Waals surface area contributed by atoms with Crippen LogP contribution in [0, 0.1) is 17.8 Å². The van der Waals surface area contributed by atoms with Gasteiger partial charge in [0.05, 0.1) is 0 Å². The van der Waals surface area contributed by atoms with E-state index in [-0.39, 0.29) is 31.1 Å². The Bertz CT molecular complexity index is 947. The van der Waals surface area contributed by atoms with Gasteiger partial charge in [0.1, 0.15) is 13.2 Å². The second-order valence-electron chi connectivity index (χ2n) is 20.1. The van der Waals surface area contributed by atoms with E-state index in [1.54, 1.807) is 0 Å². The number of hydrogen-bond acceptors (Lipinski definition) is 6. The van der Waals surface area contributed by atoms with Crippen molar-refractivity contribution in [2.45, 2.75) is 304 Å². The Hall–Kier alpha value is -1.59. The maximum atomic E-state index is 12.7. The van der Waals surface area contributed by atoms with Crippen LogP contribution in [-0.4, -0.2) is 37.2 Å². The summed E-state index contributed by atoms with van der Waals surface area (Å²) in [5, 5.41) is 0. The maximum absolute atomic E-state index is 12.7. The average Bonchev–Trinajstić information content (AvgIpc) is 3.23. The second kappa shape index (κ2) is 46.4. The first-order valence-corrected chi connectivity index (χ1v) is 27.1. The molecule has 0 radical (unpaired) electrons. The van der Waals surface area contributed by atoms with Crippen LogP contribution in [0.3, 0.4) is 0 Å². The molecule has 0 aliphatic heterocycles. The Balaban J connectivity index is 4.22. The van der Waals surface area contributed by atoms with Crippen LogP contribution in [0.5, 0.6) is 0 Å². The maximum Gasteiger partial charge on any atom is 0.306 e. The van der Waals surface area contributed by atoms with Crippen molar-refractivity contribution in [2.24, 2.45) is 17.8 Å². The molecule has 0 amide bonds. The summed E-state index contributed by atoms with van der Waals surface area (Å²) in [4.78, 5) is 37.9. The molecule has 0 saturated carbocycles. The van der Waals surface area contributed by atoms with E-state index in [2.05, 4.69) is 41.5 Å². The predicted octanol–water partition coefficient (Wildman–Crippen LogP) is 17.6. The first kappa shape index (κ1) is 59.4. The molecule has 0 aromatic heterocycles. The monoisotopic (exact) mass is 863 g/mol. The highest BCUT2D eigenvalue weighted by Gasteiger charge is 2.19. The zero-order valence-electron chi connectivity index (χ0n) is 42.0. The van der Waals surface area contributed by atoms with Crippen molar-refractivity contribution in [1.29, 1.82) is 0 Å². The van der Waals surface area contributed by atoms with Crippen molar-refractivity contribution < 1.29 is 28.6 Å². The van der Waals surface area contributed by atoms with Crippen LogP contribution in [0.1, 0.15) is 298 Å². The molecule has 362 valence electrons. The molecule has 0 aromatic carbocycles. The third-order valence-electron chi connectivity index (χ3n) is 12.8. The number of ether oxygens (including phenoxy) is 3. The van der Waals surface area contributed by atoms with E-state index in [1.165, 1.54) is 180 Å². The minimum absolute atomic E-state index is 0.0652. The largest absolute Gasteiger partial charge is 0.462 e. The highest BCUT2D eigenvalue weighted by Crippen LogP contribution is 2.18. The molecule has 0 aliphatic rings. The fraction of sp³-hybridized carbons (Fsp3) is 0.945.